The van der Waals surface area contributed by atoms with E-state index in [1.807, 2.05) is 25.1 Å². The lowest BCUT2D eigenvalue weighted by Crippen LogP contribution is -2.53. The highest BCUT2D eigenvalue weighted by molar-refractivity contribution is 5.92. The topological polar surface area (TPSA) is 86.7 Å². The minimum Gasteiger partial charge on any atom is -0.335 e. The Kier molecular flexibility index (Phi) is 6.13. The number of hydrogen-bond donors (Lipinski definition) is 2. The van der Waals surface area contributed by atoms with Gasteiger partial charge in [-0.15, -0.1) is 0 Å². The van der Waals surface area contributed by atoms with Crippen LogP contribution in [0.5, 0.6) is 0 Å². The van der Waals surface area contributed by atoms with Crippen LogP contribution in [0.2, 0.25) is 0 Å². The Morgan fingerprint density at radius 3 is 2.60 bits per heavy atom. The molecule has 0 aromatic carbocycles. The molecule has 3 aliphatic rings. The van der Waals surface area contributed by atoms with Gasteiger partial charge in [-0.25, -0.2) is 4.79 Å². The smallest absolute Gasteiger partial charge is 0.317 e. The van der Waals surface area contributed by atoms with Crippen molar-refractivity contribution in [3.8, 4) is 0 Å². The van der Waals surface area contributed by atoms with Gasteiger partial charge in [0, 0.05) is 37.3 Å². The third-order valence-corrected chi connectivity index (χ3v) is 6.56. The molecule has 4 rings (SSSR count). The average molecular weight is 416 g/mol. The van der Waals surface area contributed by atoms with E-state index in [1.54, 1.807) is 15.5 Å². The third kappa shape index (κ3) is 4.53. The molecule has 1 saturated carbocycles. The van der Waals surface area contributed by atoms with Crippen molar-refractivity contribution < 1.29 is 9.59 Å². The number of pyridine rings is 1. The zero-order valence-corrected chi connectivity index (χ0v) is 18.0. The predicted octanol–water partition coefficient (Wildman–Crippen LogP) is 1.81. The van der Waals surface area contributed by atoms with Crippen LogP contribution in [0.4, 0.5) is 10.5 Å². The van der Waals surface area contributed by atoms with Crippen molar-refractivity contribution in [1.82, 2.24) is 19.7 Å². The first-order valence-electron chi connectivity index (χ1n) is 11.1. The molecule has 164 valence electrons. The molecule has 0 spiro atoms. The van der Waals surface area contributed by atoms with Gasteiger partial charge in [0.25, 0.3) is 5.56 Å². The number of amides is 3. The standard InChI is InChI=1S/C22H33N5O3/c1-25(2)14-20(28)24-18-8-9-19-16-10-15(12-27(19)21(18)29)11-26(13-16)22(30)23-17-6-4-3-5-7-17/h8-9,15-17H,3-7,10-14H2,1-2H3,(H,23,30)(H,24,28). The number of hydrogen-bond acceptors (Lipinski definition) is 4. The molecule has 2 atom stereocenters. The fourth-order valence-corrected chi connectivity index (χ4v) is 5.20. The Labute approximate surface area is 177 Å². The number of nitrogens with one attached hydrogen (secondary N) is 2. The summed E-state index contributed by atoms with van der Waals surface area (Å²) in [6, 6.07) is 4.00. The normalized spacial score (nSPS) is 23.8. The Morgan fingerprint density at radius 1 is 1.10 bits per heavy atom. The number of anilines is 1. The molecule has 2 bridgehead atoms. The van der Waals surface area contributed by atoms with E-state index in [1.165, 1.54) is 19.3 Å². The van der Waals surface area contributed by atoms with Crippen molar-refractivity contribution in [1.29, 1.82) is 0 Å². The summed E-state index contributed by atoms with van der Waals surface area (Å²) in [6.07, 6.45) is 6.81. The van der Waals surface area contributed by atoms with Gasteiger partial charge in [-0.1, -0.05) is 19.3 Å². The fraction of sp³-hybridized carbons (Fsp3) is 0.682. The van der Waals surface area contributed by atoms with E-state index in [-0.39, 0.29) is 35.9 Å². The number of piperidine rings is 1. The number of likely N-dealkylation sites (tertiary alicyclic amines) is 1. The quantitative estimate of drug-likeness (QED) is 0.785. The molecular weight excluding hydrogens is 382 g/mol. The number of urea groups is 1. The number of carbonyl (C=O) groups is 2. The SMILES string of the molecule is CN(C)CC(=O)Nc1ccc2n(c1=O)CC1CC2CN(C(=O)NC2CCCCC2)C1. The van der Waals surface area contributed by atoms with E-state index >= 15 is 0 Å². The molecule has 30 heavy (non-hydrogen) atoms. The summed E-state index contributed by atoms with van der Waals surface area (Å²) in [4.78, 5) is 41.6. The molecule has 1 aromatic rings. The summed E-state index contributed by atoms with van der Waals surface area (Å²) in [6.45, 7) is 2.14. The van der Waals surface area contributed by atoms with Crippen LogP contribution in [-0.2, 0) is 11.3 Å². The highest BCUT2D eigenvalue weighted by Gasteiger charge is 2.37. The second-order valence-electron chi connectivity index (χ2n) is 9.36. The first kappa shape index (κ1) is 20.9. The highest BCUT2D eigenvalue weighted by atomic mass is 16.2. The van der Waals surface area contributed by atoms with Gasteiger partial charge in [0.1, 0.15) is 5.69 Å². The highest BCUT2D eigenvalue weighted by Crippen LogP contribution is 2.35. The van der Waals surface area contributed by atoms with Crippen molar-refractivity contribution in [2.24, 2.45) is 5.92 Å². The minimum absolute atomic E-state index is 0.0416. The van der Waals surface area contributed by atoms with E-state index in [0.717, 1.165) is 25.0 Å². The van der Waals surface area contributed by atoms with Crippen molar-refractivity contribution in [3.63, 3.8) is 0 Å². The Balaban J connectivity index is 1.46. The number of nitrogens with zero attached hydrogens (tertiary/aromatic N) is 3. The second-order valence-corrected chi connectivity index (χ2v) is 9.36. The maximum Gasteiger partial charge on any atom is 0.317 e. The van der Waals surface area contributed by atoms with Crippen LogP contribution in [-0.4, -0.2) is 66.1 Å². The molecule has 8 heteroatoms. The molecule has 3 heterocycles. The largest absolute Gasteiger partial charge is 0.335 e. The maximum atomic E-state index is 13.0. The predicted molar refractivity (Wildman–Crippen MR) is 116 cm³/mol. The molecule has 2 aliphatic heterocycles. The molecule has 2 fully saturated rings. The summed E-state index contributed by atoms with van der Waals surface area (Å²) in [5.74, 6) is 0.229. The van der Waals surface area contributed by atoms with E-state index in [9.17, 15) is 14.4 Å². The lowest BCUT2D eigenvalue weighted by molar-refractivity contribution is -0.116. The van der Waals surface area contributed by atoms with E-state index < -0.39 is 0 Å². The van der Waals surface area contributed by atoms with Crippen LogP contribution >= 0.6 is 0 Å². The van der Waals surface area contributed by atoms with Gasteiger partial charge in [-0.05, 0) is 51.4 Å². The van der Waals surface area contributed by atoms with Gasteiger partial charge >= 0.3 is 6.03 Å². The molecule has 3 amide bonds. The molecule has 1 aromatic heterocycles. The zero-order valence-electron chi connectivity index (χ0n) is 18.0. The van der Waals surface area contributed by atoms with Gasteiger partial charge in [0.05, 0.1) is 6.54 Å². The van der Waals surface area contributed by atoms with Crippen LogP contribution in [0.1, 0.15) is 50.1 Å². The lowest BCUT2D eigenvalue weighted by Gasteiger charge is -2.43. The Bertz CT molecular complexity index is 859. The maximum absolute atomic E-state index is 13.0. The minimum atomic E-state index is -0.195. The summed E-state index contributed by atoms with van der Waals surface area (Å²) in [7, 11) is 3.63. The number of rotatable bonds is 4. The first-order chi connectivity index (χ1) is 14.4. The van der Waals surface area contributed by atoms with Crippen molar-refractivity contribution in [3.05, 3.63) is 28.2 Å². The van der Waals surface area contributed by atoms with Crippen LogP contribution < -0.4 is 16.2 Å². The second kappa shape index (κ2) is 8.79. The number of aromatic nitrogens is 1. The average Bonchev–Trinajstić information content (AvgIpc) is 2.70. The Morgan fingerprint density at radius 2 is 1.87 bits per heavy atom. The molecule has 1 saturated heterocycles. The van der Waals surface area contributed by atoms with Gasteiger partial charge < -0.3 is 25.0 Å². The van der Waals surface area contributed by atoms with Crippen molar-refractivity contribution in [2.75, 3.05) is 39.0 Å². The van der Waals surface area contributed by atoms with Gasteiger partial charge in [-0.2, -0.15) is 0 Å². The summed E-state index contributed by atoms with van der Waals surface area (Å²) in [5.41, 5.74) is 1.16. The summed E-state index contributed by atoms with van der Waals surface area (Å²) in [5, 5.41) is 5.97. The number of carbonyl (C=O) groups excluding carboxylic acids is 2. The van der Waals surface area contributed by atoms with Crippen molar-refractivity contribution in [2.45, 2.75) is 57.0 Å². The zero-order chi connectivity index (χ0) is 21.3. The molecule has 2 N–H and O–H groups in total. The molecule has 8 nitrogen and oxygen atoms in total. The fourth-order valence-electron chi connectivity index (χ4n) is 5.20. The monoisotopic (exact) mass is 415 g/mol. The summed E-state index contributed by atoms with van der Waals surface area (Å²) >= 11 is 0. The number of fused-ring (bicyclic) bond motifs is 4. The number of likely N-dealkylation sites (N-methyl/N-ethyl adjacent to an activating group) is 1. The van der Waals surface area contributed by atoms with Crippen LogP contribution in [0.15, 0.2) is 16.9 Å². The lowest BCUT2D eigenvalue weighted by atomic mass is 9.83. The van der Waals surface area contributed by atoms with Gasteiger partial charge in [0.2, 0.25) is 5.91 Å². The van der Waals surface area contributed by atoms with E-state index in [2.05, 4.69) is 10.6 Å². The third-order valence-electron chi connectivity index (χ3n) is 6.56. The summed E-state index contributed by atoms with van der Waals surface area (Å²) < 4.78 is 1.81. The Hall–Kier alpha value is -2.35. The molecule has 2 unspecified atom stereocenters. The molecular formula is C22H33N5O3. The first-order valence-corrected chi connectivity index (χ1v) is 11.1. The van der Waals surface area contributed by atoms with Crippen molar-refractivity contribution >= 4 is 17.6 Å². The van der Waals surface area contributed by atoms with Crippen LogP contribution in [0.25, 0.3) is 0 Å². The van der Waals surface area contributed by atoms with Crippen LogP contribution in [0.3, 0.4) is 0 Å². The van der Waals surface area contributed by atoms with Gasteiger partial charge in [-0.3, -0.25) is 9.59 Å². The van der Waals surface area contributed by atoms with E-state index in [4.69, 9.17) is 0 Å². The van der Waals surface area contributed by atoms with Crippen LogP contribution in [0, 0.1) is 5.92 Å². The van der Waals surface area contributed by atoms with E-state index in [0.29, 0.717) is 31.4 Å². The van der Waals surface area contributed by atoms with Gasteiger partial charge in [0.15, 0.2) is 0 Å². The molecule has 1 aliphatic carbocycles. The molecule has 0 radical (unpaired) electrons.